The van der Waals surface area contributed by atoms with Gasteiger partial charge in [-0.05, 0) is 34.7 Å². The van der Waals surface area contributed by atoms with E-state index in [-0.39, 0.29) is 18.1 Å². The van der Waals surface area contributed by atoms with Crippen molar-refractivity contribution in [2.45, 2.75) is 6.42 Å². The second kappa shape index (κ2) is 5.98. The van der Waals surface area contributed by atoms with Crippen LogP contribution >= 0.6 is 11.3 Å². The van der Waals surface area contributed by atoms with Crippen LogP contribution in [0.2, 0.25) is 0 Å². The molecule has 0 aliphatic heterocycles. The first kappa shape index (κ1) is 14.3. The van der Waals surface area contributed by atoms with Gasteiger partial charge in [0.25, 0.3) is 0 Å². The Labute approximate surface area is 128 Å². The van der Waals surface area contributed by atoms with E-state index >= 15 is 0 Å². The molecule has 1 N–H and O–H groups in total. The van der Waals surface area contributed by atoms with Gasteiger partial charge in [-0.15, -0.1) is 16.4 Å². The molecule has 0 saturated carbocycles. The van der Waals surface area contributed by atoms with E-state index in [4.69, 9.17) is 0 Å². The first-order chi connectivity index (χ1) is 10.6. The summed E-state index contributed by atoms with van der Waals surface area (Å²) in [6.07, 6.45) is 0.0644. The second-order valence-corrected chi connectivity index (χ2v) is 5.35. The van der Waals surface area contributed by atoms with Crippen LogP contribution in [0.15, 0.2) is 29.6 Å². The van der Waals surface area contributed by atoms with E-state index in [9.17, 15) is 9.18 Å². The van der Waals surface area contributed by atoms with Crippen LogP contribution in [0.25, 0.3) is 11.3 Å². The molecule has 0 atom stereocenters. The number of nitrogens with zero attached hydrogens (tertiary/aromatic N) is 5. The van der Waals surface area contributed by atoms with E-state index in [0.29, 0.717) is 16.6 Å². The zero-order valence-corrected chi connectivity index (χ0v) is 12.3. The zero-order valence-electron chi connectivity index (χ0n) is 11.5. The minimum absolute atomic E-state index is 0.0644. The molecule has 0 radical (unpaired) electrons. The molecular weight excluding hydrogens is 307 g/mol. The van der Waals surface area contributed by atoms with E-state index in [0.717, 1.165) is 5.56 Å². The van der Waals surface area contributed by atoms with Gasteiger partial charge < -0.3 is 5.32 Å². The molecule has 112 valence electrons. The molecule has 2 aromatic heterocycles. The number of rotatable bonds is 4. The lowest BCUT2D eigenvalue weighted by Gasteiger charge is -2.00. The van der Waals surface area contributed by atoms with Crippen LogP contribution in [-0.2, 0) is 18.3 Å². The summed E-state index contributed by atoms with van der Waals surface area (Å²) in [6, 6.07) is 6.02. The summed E-state index contributed by atoms with van der Waals surface area (Å²) in [7, 11) is 1.67. The van der Waals surface area contributed by atoms with Gasteiger partial charge in [0.05, 0.1) is 12.1 Å². The molecule has 1 amide bonds. The minimum atomic E-state index is -0.301. The Hall–Kier alpha value is -2.68. The maximum absolute atomic E-state index is 12.9. The molecule has 0 aliphatic rings. The third-order valence-corrected chi connectivity index (χ3v) is 3.67. The van der Waals surface area contributed by atoms with Crippen LogP contribution in [0.1, 0.15) is 5.82 Å². The van der Waals surface area contributed by atoms with Crippen LogP contribution < -0.4 is 5.32 Å². The summed E-state index contributed by atoms with van der Waals surface area (Å²) in [5, 5.41) is 15.8. The summed E-state index contributed by atoms with van der Waals surface area (Å²) >= 11 is 1.30. The summed E-state index contributed by atoms with van der Waals surface area (Å²) in [5.74, 6) is -0.0875. The standard InChI is InChI=1S/C13H11FN6OS/c1-20-11(17-18-19-20)6-12(21)16-13-15-10(7-22-13)8-2-4-9(14)5-3-8/h2-5,7H,6H2,1H3,(H,15,16,21). The largest absolute Gasteiger partial charge is 0.302 e. The van der Waals surface area contributed by atoms with Gasteiger partial charge in [-0.3, -0.25) is 4.79 Å². The van der Waals surface area contributed by atoms with Crippen LogP contribution in [0.4, 0.5) is 9.52 Å². The Morgan fingerprint density at radius 2 is 2.14 bits per heavy atom. The minimum Gasteiger partial charge on any atom is -0.302 e. The topological polar surface area (TPSA) is 85.6 Å². The normalized spacial score (nSPS) is 10.6. The molecule has 0 fully saturated rings. The monoisotopic (exact) mass is 318 g/mol. The van der Waals surface area contributed by atoms with Crippen molar-refractivity contribution in [3.05, 3.63) is 41.3 Å². The number of carbonyl (C=O) groups is 1. The highest BCUT2D eigenvalue weighted by Crippen LogP contribution is 2.25. The summed E-state index contributed by atoms with van der Waals surface area (Å²) in [5.41, 5.74) is 1.47. The molecule has 0 unspecified atom stereocenters. The van der Waals surface area contributed by atoms with Crippen molar-refractivity contribution in [1.29, 1.82) is 0 Å². The van der Waals surface area contributed by atoms with Gasteiger partial charge in [-0.25, -0.2) is 14.1 Å². The number of amides is 1. The van der Waals surface area contributed by atoms with Gasteiger partial charge in [0, 0.05) is 18.0 Å². The van der Waals surface area contributed by atoms with Crippen LogP contribution in [0, 0.1) is 5.82 Å². The van der Waals surface area contributed by atoms with Gasteiger partial charge in [-0.1, -0.05) is 0 Å². The van der Waals surface area contributed by atoms with Crippen molar-refractivity contribution in [3.8, 4) is 11.3 Å². The Kier molecular flexibility index (Phi) is 3.88. The molecule has 22 heavy (non-hydrogen) atoms. The van der Waals surface area contributed by atoms with Crippen molar-refractivity contribution >= 4 is 22.4 Å². The predicted octanol–water partition coefficient (Wildman–Crippen LogP) is 1.65. The van der Waals surface area contributed by atoms with E-state index in [2.05, 4.69) is 25.8 Å². The molecule has 9 heteroatoms. The van der Waals surface area contributed by atoms with Crippen molar-refractivity contribution in [3.63, 3.8) is 0 Å². The van der Waals surface area contributed by atoms with E-state index in [1.807, 2.05) is 0 Å². The SMILES string of the molecule is Cn1nnnc1CC(=O)Nc1nc(-c2ccc(F)cc2)cs1. The highest BCUT2D eigenvalue weighted by atomic mass is 32.1. The molecule has 0 saturated heterocycles. The van der Waals surface area contributed by atoms with Crippen molar-refractivity contribution in [1.82, 2.24) is 25.2 Å². The van der Waals surface area contributed by atoms with Crippen LogP contribution in [0.5, 0.6) is 0 Å². The Morgan fingerprint density at radius 3 is 2.82 bits per heavy atom. The number of thiazole rings is 1. The Bertz CT molecular complexity index is 797. The highest BCUT2D eigenvalue weighted by Gasteiger charge is 2.12. The van der Waals surface area contributed by atoms with Crippen molar-refractivity contribution < 1.29 is 9.18 Å². The molecule has 7 nitrogen and oxygen atoms in total. The average molecular weight is 318 g/mol. The molecule has 1 aromatic carbocycles. The van der Waals surface area contributed by atoms with E-state index in [1.54, 1.807) is 24.6 Å². The summed E-state index contributed by atoms with van der Waals surface area (Å²) in [6.45, 7) is 0. The number of hydrogen-bond acceptors (Lipinski definition) is 6. The lowest BCUT2D eigenvalue weighted by molar-refractivity contribution is -0.115. The van der Waals surface area contributed by atoms with Gasteiger partial charge in [-0.2, -0.15) is 0 Å². The summed E-state index contributed by atoms with van der Waals surface area (Å²) in [4.78, 5) is 16.2. The maximum Gasteiger partial charge on any atom is 0.233 e. The molecule has 2 heterocycles. The summed E-state index contributed by atoms with van der Waals surface area (Å²) < 4.78 is 14.3. The molecule has 0 spiro atoms. The number of benzene rings is 1. The number of hydrogen-bond donors (Lipinski definition) is 1. The Morgan fingerprint density at radius 1 is 1.36 bits per heavy atom. The molecule has 0 aliphatic carbocycles. The lowest BCUT2D eigenvalue weighted by atomic mass is 10.2. The van der Waals surface area contributed by atoms with Crippen LogP contribution in [0.3, 0.4) is 0 Å². The third-order valence-electron chi connectivity index (χ3n) is 2.92. The molecule has 3 aromatic rings. The lowest BCUT2D eigenvalue weighted by Crippen LogP contribution is -2.17. The number of halogens is 1. The van der Waals surface area contributed by atoms with Crippen molar-refractivity contribution in [2.24, 2.45) is 7.05 Å². The highest BCUT2D eigenvalue weighted by molar-refractivity contribution is 7.14. The second-order valence-electron chi connectivity index (χ2n) is 4.49. The van der Waals surface area contributed by atoms with Crippen molar-refractivity contribution in [2.75, 3.05) is 5.32 Å². The predicted molar refractivity (Wildman–Crippen MR) is 78.6 cm³/mol. The molecule has 3 rings (SSSR count). The average Bonchev–Trinajstić information content (AvgIpc) is 3.10. The first-order valence-corrected chi connectivity index (χ1v) is 7.22. The fourth-order valence-corrected chi connectivity index (χ4v) is 2.53. The number of tetrazole rings is 1. The van der Waals surface area contributed by atoms with E-state index in [1.165, 1.54) is 28.2 Å². The van der Waals surface area contributed by atoms with Gasteiger partial charge >= 0.3 is 0 Å². The number of aromatic nitrogens is 5. The fourth-order valence-electron chi connectivity index (χ4n) is 1.79. The fraction of sp³-hybridized carbons (Fsp3) is 0.154. The number of anilines is 1. The quantitative estimate of drug-likeness (QED) is 0.790. The van der Waals surface area contributed by atoms with Gasteiger partial charge in [0.2, 0.25) is 5.91 Å². The first-order valence-electron chi connectivity index (χ1n) is 6.34. The number of aryl methyl sites for hydroxylation is 1. The maximum atomic E-state index is 12.9. The van der Waals surface area contributed by atoms with Gasteiger partial charge in [0.1, 0.15) is 5.82 Å². The third kappa shape index (κ3) is 3.14. The number of carbonyl (C=O) groups excluding carboxylic acids is 1. The zero-order chi connectivity index (χ0) is 15.5. The Balaban J connectivity index is 1.68. The molecular formula is C13H11FN6OS. The molecule has 0 bridgehead atoms. The van der Waals surface area contributed by atoms with Gasteiger partial charge in [0.15, 0.2) is 11.0 Å². The smallest absolute Gasteiger partial charge is 0.233 e. The number of nitrogens with one attached hydrogen (secondary N) is 1. The van der Waals surface area contributed by atoms with Crippen LogP contribution in [-0.4, -0.2) is 31.1 Å². The van der Waals surface area contributed by atoms with E-state index < -0.39 is 0 Å².